The van der Waals surface area contributed by atoms with Gasteiger partial charge in [0.15, 0.2) is 0 Å². The first kappa shape index (κ1) is 9.68. The number of rotatable bonds is 3. The molecule has 3 nitrogen and oxygen atoms in total. The fourth-order valence-electron chi connectivity index (χ4n) is 1.62. The van der Waals surface area contributed by atoms with E-state index in [1.807, 2.05) is 17.5 Å². The molecule has 1 aliphatic heterocycles. The van der Waals surface area contributed by atoms with Gasteiger partial charge in [-0.25, -0.2) is 0 Å². The van der Waals surface area contributed by atoms with E-state index in [9.17, 15) is 4.79 Å². The molecule has 1 amide bonds. The normalized spacial score (nSPS) is 21.0. The van der Waals surface area contributed by atoms with Crippen LogP contribution in [0.25, 0.3) is 0 Å². The van der Waals surface area contributed by atoms with Crippen LogP contribution in [0.5, 0.6) is 0 Å². The Kier molecular flexibility index (Phi) is 3.16. The Morgan fingerprint density at radius 1 is 1.71 bits per heavy atom. The first-order chi connectivity index (χ1) is 6.86. The molecular weight excluding hydrogens is 196 g/mol. The second-order valence-corrected chi connectivity index (χ2v) is 4.49. The van der Waals surface area contributed by atoms with Crippen molar-refractivity contribution in [2.45, 2.75) is 6.42 Å². The lowest BCUT2D eigenvalue weighted by molar-refractivity contribution is 0.0952. The van der Waals surface area contributed by atoms with Crippen molar-refractivity contribution >= 4 is 17.2 Å². The number of carbonyl (C=O) groups excluding carboxylic acids is 1. The topological polar surface area (TPSA) is 41.1 Å². The zero-order valence-electron chi connectivity index (χ0n) is 7.95. The second kappa shape index (κ2) is 4.57. The third kappa shape index (κ3) is 2.33. The van der Waals surface area contributed by atoms with Crippen LogP contribution in [0, 0.1) is 5.92 Å². The zero-order valence-corrected chi connectivity index (χ0v) is 8.77. The van der Waals surface area contributed by atoms with Crippen LogP contribution in [-0.2, 0) is 0 Å². The third-order valence-electron chi connectivity index (χ3n) is 2.46. The van der Waals surface area contributed by atoms with Gasteiger partial charge in [0.2, 0.25) is 0 Å². The van der Waals surface area contributed by atoms with Gasteiger partial charge in [-0.15, -0.1) is 11.3 Å². The lowest BCUT2D eigenvalue weighted by atomic mass is 10.1. The summed E-state index contributed by atoms with van der Waals surface area (Å²) in [5, 5.41) is 8.16. The van der Waals surface area contributed by atoms with Gasteiger partial charge in [-0.1, -0.05) is 6.07 Å². The van der Waals surface area contributed by atoms with Crippen molar-refractivity contribution in [1.82, 2.24) is 10.6 Å². The Bertz CT molecular complexity index is 291. The molecule has 0 radical (unpaired) electrons. The molecule has 1 saturated heterocycles. The van der Waals surface area contributed by atoms with Crippen LogP contribution in [0.1, 0.15) is 16.1 Å². The highest BCUT2D eigenvalue weighted by molar-refractivity contribution is 7.12. The van der Waals surface area contributed by atoms with Crippen LogP contribution in [0.3, 0.4) is 0 Å². The summed E-state index contributed by atoms with van der Waals surface area (Å²) >= 11 is 1.49. The molecule has 1 fully saturated rings. The molecule has 2 heterocycles. The molecule has 0 aromatic carbocycles. The molecule has 76 valence electrons. The molecule has 1 unspecified atom stereocenters. The standard InChI is InChI=1S/C10H14N2OS/c13-10(9-2-1-5-14-9)12-7-8-3-4-11-6-8/h1-2,5,8,11H,3-4,6-7H2,(H,12,13). The van der Waals surface area contributed by atoms with Crippen molar-refractivity contribution in [3.8, 4) is 0 Å². The van der Waals surface area contributed by atoms with E-state index in [2.05, 4.69) is 10.6 Å². The van der Waals surface area contributed by atoms with Crippen LogP contribution < -0.4 is 10.6 Å². The minimum absolute atomic E-state index is 0.0619. The average molecular weight is 210 g/mol. The molecule has 0 aliphatic carbocycles. The van der Waals surface area contributed by atoms with Gasteiger partial charge in [-0.05, 0) is 36.9 Å². The van der Waals surface area contributed by atoms with Crippen LogP contribution >= 0.6 is 11.3 Å². The quantitative estimate of drug-likeness (QED) is 0.784. The van der Waals surface area contributed by atoms with Gasteiger partial charge >= 0.3 is 0 Å². The molecule has 4 heteroatoms. The first-order valence-corrected chi connectivity index (χ1v) is 5.76. The average Bonchev–Trinajstić information content (AvgIpc) is 2.87. The molecule has 1 aromatic heterocycles. The largest absolute Gasteiger partial charge is 0.351 e. The number of amides is 1. The summed E-state index contributed by atoms with van der Waals surface area (Å²) in [5.41, 5.74) is 0. The summed E-state index contributed by atoms with van der Waals surface area (Å²) in [4.78, 5) is 12.3. The summed E-state index contributed by atoms with van der Waals surface area (Å²) in [7, 11) is 0. The van der Waals surface area contributed by atoms with Gasteiger partial charge < -0.3 is 10.6 Å². The van der Waals surface area contributed by atoms with E-state index >= 15 is 0 Å². The van der Waals surface area contributed by atoms with Gasteiger partial charge in [0.25, 0.3) is 5.91 Å². The monoisotopic (exact) mass is 210 g/mol. The van der Waals surface area contributed by atoms with E-state index in [1.165, 1.54) is 17.8 Å². The van der Waals surface area contributed by atoms with Crippen LogP contribution in [-0.4, -0.2) is 25.5 Å². The number of nitrogens with one attached hydrogen (secondary N) is 2. The van der Waals surface area contributed by atoms with Crippen molar-refractivity contribution in [2.24, 2.45) is 5.92 Å². The molecule has 0 bridgehead atoms. The Morgan fingerprint density at radius 3 is 3.29 bits per heavy atom. The van der Waals surface area contributed by atoms with Crippen molar-refractivity contribution in [3.63, 3.8) is 0 Å². The molecule has 0 saturated carbocycles. The third-order valence-corrected chi connectivity index (χ3v) is 3.33. The van der Waals surface area contributed by atoms with E-state index in [4.69, 9.17) is 0 Å². The summed E-state index contributed by atoms with van der Waals surface area (Å²) in [6.07, 6.45) is 1.17. The predicted octanol–water partition coefficient (Wildman–Crippen LogP) is 1.09. The van der Waals surface area contributed by atoms with Crippen molar-refractivity contribution in [2.75, 3.05) is 19.6 Å². The highest BCUT2D eigenvalue weighted by Gasteiger charge is 2.15. The maximum absolute atomic E-state index is 11.5. The molecule has 14 heavy (non-hydrogen) atoms. The Balaban J connectivity index is 1.78. The van der Waals surface area contributed by atoms with E-state index in [0.717, 1.165) is 24.5 Å². The first-order valence-electron chi connectivity index (χ1n) is 4.88. The molecule has 1 atom stereocenters. The molecule has 1 aromatic rings. The van der Waals surface area contributed by atoms with Crippen LogP contribution in [0.2, 0.25) is 0 Å². The Morgan fingerprint density at radius 2 is 2.64 bits per heavy atom. The minimum Gasteiger partial charge on any atom is -0.351 e. The van der Waals surface area contributed by atoms with E-state index in [-0.39, 0.29) is 5.91 Å². The molecule has 2 rings (SSSR count). The van der Waals surface area contributed by atoms with Gasteiger partial charge in [0.1, 0.15) is 0 Å². The van der Waals surface area contributed by atoms with Gasteiger partial charge in [0.05, 0.1) is 4.88 Å². The van der Waals surface area contributed by atoms with Crippen LogP contribution in [0.15, 0.2) is 17.5 Å². The summed E-state index contributed by atoms with van der Waals surface area (Å²) in [6, 6.07) is 3.75. The highest BCUT2D eigenvalue weighted by atomic mass is 32.1. The fourth-order valence-corrected chi connectivity index (χ4v) is 2.26. The maximum Gasteiger partial charge on any atom is 0.261 e. The summed E-state index contributed by atoms with van der Waals surface area (Å²) in [5.74, 6) is 0.672. The lowest BCUT2D eigenvalue weighted by Crippen LogP contribution is -2.29. The number of carbonyl (C=O) groups is 1. The molecular formula is C10H14N2OS. The Hall–Kier alpha value is -0.870. The number of thiophene rings is 1. The summed E-state index contributed by atoms with van der Waals surface area (Å²) in [6.45, 7) is 2.91. The number of hydrogen-bond donors (Lipinski definition) is 2. The molecule has 0 spiro atoms. The predicted molar refractivity (Wildman–Crippen MR) is 57.6 cm³/mol. The minimum atomic E-state index is 0.0619. The molecule has 1 aliphatic rings. The Labute approximate surface area is 87.5 Å². The van der Waals surface area contributed by atoms with Crippen LogP contribution in [0.4, 0.5) is 0 Å². The smallest absolute Gasteiger partial charge is 0.261 e. The number of hydrogen-bond acceptors (Lipinski definition) is 3. The fraction of sp³-hybridized carbons (Fsp3) is 0.500. The zero-order chi connectivity index (χ0) is 9.80. The van der Waals surface area contributed by atoms with E-state index in [1.54, 1.807) is 0 Å². The van der Waals surface area contributed by atoms with Crippen molar-refractivity contribution in [3.05, 3.63) is 22.4 Å². The highest BCUT2D eigenvalue weighted by Crippen LogP contribution is 2.09. The van der Waals surface area contributed by atoms with Gasteiger partial charge in [-0.2, -0.15) is 0 Å². The van der Waals surface area contributed by atoms with Gasteiger partial charge in [-0.3, -0.25) is 4.79 Å². The second-order valence-electron chi connectivity index (χ2n) is 3.55. The maximum atomic E-state index is 11.5. The van der Waals surface area contributed by atoms with Gasteiger partial charge in [0, 0.05) is 6.54 Å². The van der Waals surface area contributed by atoms with Crippen molar-refractivity contribution < 1.29 is 4.79 Å². The van der Waals surface area contributed by atoms with Crippen molar-refractivity contribution in [1.29, 1.82) is 0 Å². The van der Waals surface area contributed by atoms with E-state index in [0.29, 0.717) is 5.92 Å². The molecule has 2 N–H and O–H groups in total. The summed E-state index contributed by atoms with van der Waals surface area (Å²) < 4.78 is 0. The van der Waals surface area contributed by atoms with E-state index < -0.39 is 0 Å². The lowest BCUT2D eigenvalue weighted by Gasteiger charge is -2.08. The SMILES string of the molecule is O=C(NCC1CCNC1)c1cccs1.